The Kier molecular flexibility index (Phi) is 4.25. The second-order valence-electron chi connectivity index (χ2n) is 2.85. The molecule has 1 aromatic heterocycles. The molecular weight excluding hydrogens is 230 g/mol. The van der Waals surface area contributed by atoms with Crippen molar-refractivity contribution in [3.05, 3.63) is 35.2 Å². The van der Waals surface area contributed by atoms with E-state index < -0.39 is 0 Å². The zero-order valence-corrected chi connectivity index (χ0v) is 9.30. The van der Waals surface area contributed by atoms with E-state index in [1.54, 1.807) is 0 Å². The first-order valence-corrected chi connectivity index (χ1v) is 5.10. The van der Waals surface area contributed by atoms with Gasteiger partial charge in [0.05, 0.1) is 6.04 Å². The van der Waals surface area contributed by atoms with Gasteiger partial charge in [-0.05, 0) is 48.0 Å². The third kappa shape index (κ3) is 3.01. The number of hydrogen-bond acceptors (Lipinski definition) is 2. The summed E-state index contributed by atoms with van der Waals surface area (Å²) >= 11 is 3.28. The minimum absolute atomic E-state index is 0.282. The van der Waals surface area contributed by atoms with Gasteiger partial charge in [0.1, 0.15) is 5.76 Å². The molecule has 72 valence electrons. The summed E-state index contributed by atoms with van der Waals surface area (Å²) in [6, 6.07) is 4.17. The molecular formula is C10H14BrNO. The van der Waals surface area contributed by atoms with Gasteiger partial charge in [-0.2, -0.15) is 0 Å². The van der Waals surface area contributed by atoms with E-state index in [1.165, 1.54) is 0 Å². The highest BCUT2D eigenvalue weighted by atomic mass is 79.9. The Hall–Kier alpha value is -0.540. The fourth-order valence-corrected chi connectivity index (χ4v) is 1.55. The Bertz CT molecular complexity index is 270. The lowest BCUT2D eigenvalue weighted by Gasteiger charge is -2.11. The SMILES string of the molecule is C=CCCC(NC)c1ccc(Br)o1. The minimum Gasteiger partial charge on any atom is -0.453 e. The summed E-state index contributed by atoms with van der Waals surface area (Å²) in [5.41, 5.74) is 0. The van der Waals surface area contributed by atoms with Crippen molar-refractivity contribution in [2.75, 3.05) is 7.05 Å². The zero-order valence-electron chi connectivity index (χ0n) is 7.72. The van der Waals surface area contributed by atoms with Crippen molar-refractivity contribution in [1.29, 1.82) is 0 Å². The molecule has 0 fully saturated rings. The van der Waals surface area contributed by atoms with E-state index in [0.29, 0.717) is 0 Å². The van der Waals surface area contributed by atoms with Crippen molar-refractivity contribution in [3.63, 3.8) is 0 Å². The Morgan fingerprint density at radius 3 is 2.92 bits per heavy atom. The van der Waals surface area contributed by atoms with Gasteiger partial charge in [-0.3, -0.25) is 0 Å². The van der Waals surface area contributed by atoms with Crippen LogP contribution >= 0.6 is 15.9 Å². The van der Waals surface area contributed by atoms with Gasteiger partial charge < -0.3 is 9.73 Å². The van der Waals surface area contributed by atoms with Gasteiger partial charge in [0.15, 0.2) is 4.67 Å². The van der Waals surface area contributed by atoms with Crippen LogP contribution in [0.15, 0.2) is 33.9 Å². The van der Waals surface area contributed by atoms with E-state index in [4.69, 9.17) is 4.42 Å². The van der Waals surface area contributed by atoms with Gasteiger partial charge in [0, 0.05) is 0 Å². The molecule has 0 spiro atoms. The third-order valence-corrected chi connectivity index (χ3v) is 2.37. The van der Waals surface area contributed by atoms with E-state index >= 15 is 0 Å². The molecule has 0 bridgehead atoms. The number of halogens is 1. The molecule has 13 heavy (non-hydrogen) atoms. The topological polar surface area (TPSA) is 25.2 Å². The molecule has 0 saturated carbocycles. The van der Waals surface area contributed by atoms with Crippen LogP contribution in [0.25, 0.3) is 0 Å². The van der Waals surface area contributed by atoms with Crippen molar-refractivity contribution in [2.24, 2.45) is 0 Å². The monoisotopic (exact) mass is 243 g/mol. The molecule has 0 amide bonds. The highest BCUT2D eigenvalue weighted by Crippen LogP contribution is 2.23. The molecule has 1 unspecified atom stereocenters. The molecule has 0 aromatic carbocycles. The third-order valence-electron chi connectivity index (χ3n) is 1.95. The normalized spacial score (nSPS) is 12.8. The highest BCUT2D eigenvalue weighted by molar-refractivity contribution is 9.10. The molecule has 0 saturated heterocycles. The van der Waals surface area contributed by atoms with Crippen LogP contribution in [0.3, 0.4) is 0 Å². The van der Waals surface area contributed by atoms with Crippen LogP contribution in [0, 0.1) is 0 Å². The van der Waals surface area contributed by atoms with Gasteiger partial charge in [-0.1, -0.05) is 6.08 Å². The van der Waals surface area contributed by atoms with Gasteiger partial charge in [-0.15, -0.1) is 6.58 Å². The number of rotatable bonds is 5. The highest BCUT2D eigenvalue weighted by Gasteiger charge is 2.11. The van der Waals surface area contributed by atoms with Gasteiger partial charge in [0.25, 0.3) is 0 Å². The maximum Gasteiger partial charge on any atom is 0.169 e. The standard InChI is InChI=1S/C10H14BrNO/c1-3-4-5-8(12-2)9-6-7-10(11)13-9/h3,6-8,12H,1,4-5H2,2H3. The van der Waals surface area contributed by atoms with Gasteiger partial charge >= 0.3 is 0 Å². The summed E-state index contributed by atoms with van der Waals surface area (Å²) in [5, 5.41) is 3.20. The van der Waals surface area contributed by atoms with Crippen LogP contribution in [0.5, 0.6) is 0 Å². The first-order chi connectivity index (χ1) is 6.27. The average molecular weight is 244 g/mol. The molecule has 0 radical (unpaired) electrons. The van der Waals surface area contributed by atoms with Crippen LogP contribution in [-0.4, -0.2) is 7.05 Å². The van der Waals surface area contributed by atoms with Crippen LogP contribution < -0.4 is 5.32 Å². The molecule has 1 N–H and O–H groups in total. The number of allylic oxidation sites excluding steroid dienone is 1. The summed E-state index contributed by atoms with van der Waals surface area (Å²) in [5.74, 6) is 0.969. The largest absolute Gasteiger partial charge is 0.453 e. The maximum absolute atomic E-state index is 5.45. The molecule has 2 nitrogen and oxygen atoms in total. The molecule has 0 aliphatic heterocycles. The first-order valence-electron chi connectivity index (χ1n) is 4.31. The molecule has 1 rings (SSSR count). The van der Waals surface area contributed by atoms with Gasteiger partial charge in [0.2, 0.25) is 0 Å². The van der Waals surface area contributed by atoms with Gasteiger partial charge in [-0.25, -0.2) is 0 Å². The van der Waals surface area contributed by atoms with Crippen molar-refractivity contribution < 1.29 is 4.42 Å². The quantitative estimate of drug-likeness (QED) is 0.804. The Labute approximate surface area is 87.1 Å². The fraction of sp³-hybridized carbons (Fsp3) is 0.400. The first kappa shape index (κ1) is 10.5. The molecule has 3 heteroatoms. The molecule has 0 aliphatic rings. The summed E-state index contributed by atoms with van der Waals surface area (Å²) in [6.07, 6.45) is 3.92. The second-order valence-corrected chi connectivity index (χ2v) is 3.63. The fourth-order valence-electron chi connectivity index (χ4n) is 1.23. The zero-order chi connectivity index (χ0) is 9.68. The second kappa shape index (κ2) is 5.25. The summed E-state index contributed by atoms with van der Waals surface area (Å²) in [7, 11) is 1.93. The summed E-state index contributed by atoms with van der Waals surface area (Å²) in [4.78, 5) is 0. The predicted octanol–water partition coefficient (Wildman–Crippen LogP) is 3.27. The lowest BCUT2D eigenvalue weighted by molar-refractivity contribution is 0.405. The minimum atomic E-state index is 0.282. The van der Waals surface area contributed by atoms with E-state index in [-0.39, 0.29) is 6.04 Å². The predicted molar refractivity (Wildman–Crippen MR) is 57.6 cm³/mol. The number of furan rings is 1. The van der Waals surface area contributed by atoms with Crippen molar-refractivity contribution in [2.45, 2.75) is 18.9 Å². The Balaban J connectivity index is 2.60. The molecule has 1 heterocycles. The number of hydrogen-bond donors (Lipinski definition) is 1. The Morgan fingerprint density at radius 2 is 2.46 bits per heavy atom. The lowest BCUT2D eigenvalue weighted by atomic mass is 10.1. The van der Waals surface area contributed by atoms with Crippen molar-refractivity contribution in [3.8, 4) is 0 Å². The summed E-state index contributed by atoms with van der Waals surface area (Å²) in [6.45, 7) is 3.70. The van der Waals surface area contributed by atoms with E-state index in [9.17, 15) is 0 Å². The van der Waals surface area contributed by atoms with Crippen molar-refractivity contribution in [1.82, 2.24) is 5.32 Å². The lowest BCUT2D eigenvalue weighted by Crippen LogP contribution is -2.15. The average Bonchev–Trinajstić information content (AvgIpc) is 2.54. The molecule has 1 aromatic rings. The van der Waals surface area contributed by atoms with Crippen molar-refractivity contribution >= 4 is 15.9 Å². The van der Waals surface area contributed by atoms with E-state index in [1.807, 2.05) is 25.3 Å². The number of nitrogens with one attached hydrogen (secondary N) is 1. The molecule has 1 atom stereocenters. The van der Waals surface area contributed by atoms with Crippen LogP contribution in [0.4, 0.5) is 0 Å². The Morgan fingerprint density at radius 1 is 1.69 bits per heavy atom. The smallest absolute Gasteiger partial charge is 0.169 e. The maximum atomic E-state index is 5.45. The molecule has 0 aliphatic carbocycles. The van der Waals surface area contributed by atoms with Crippen LogP contribution in [-0.2, 0) is 0 Å². The van der Waals surface area contributed by atoms with E-state index in [2.05, 4.69) is 27.8 Å². The van der Waals surface area contributed by atoms with Crippen LogP contribution in [0.1, 0.15) is 24.6 Å². The van der Waals surface area contributed by atoms with E-state index in [0.717, 1.165) is 23.3 Å². The van der Waals surface area contributed by atoms with Crippen LogP contribution in [0.2, 0.25) is 0 Å². The summed E-state index contributed by atoms with van der Waals surface area (Å²) < 4.78 is 6.23.